The fraction of sp³-hybridized carbons (Fsp3) is 0.556. The van der Waals surface area contributed by atoms with E-state index in [1.54, 1.807) is 30.2 Å². The highest BCUT2D eigenvalue weighted by Crippen LogP contribution is 2.26. The van der Waals surface area contributed by atoms with Gasteiger partial charge in [0.15, 0.2) is 0 Å². The zero-order valence-electron chi connectivity index (χ0n) is 14.7. The molecule has 0 saturated carbocycles. The molecule has 2 amide bonds. The van der Waals surface area contributed by atoms with E-state index in [4.69, 9.17) is 10.5 Å². The molecule has 1 atom stereocenters. The number of piperidine rings is 1. The molecule has 1 heterocycles. The average molecular weight is 333 g/mol. The topological polar surface area (TPSA) is 84.7 Å². The second-order valence-corrected chi connectivity index (χ2v) is 6.64. The van der Waals surface area contributed by atoms with Crippen LogP contribution in [0.4, 0.5) is 11.4 Å². The summed E-state index contributed by atoms with van der Waals surface area (Å²) in [7, 11) is 1.55. The number of carbonyl (C=O) groups is 2. The third-order valence-corrected chi connectivity index (χ3v) is 4.23. The van der Waals surface area contributed by atoms with Crippen LogP contribution in [0.25, 0.3) is 0 Å². The lowest BCUT2D eigenvalue weighted by atomic mass is 9.98. The highest BCUT2D eigenvalue weighted by molar-refractivity contribution is 5.97. The van der Waals surface area contributed by atoms with Gasteiger partial charge in [-0.25, -0.2) is 0 Å². The fourth-order valence-corrected chi connectivity index (χ4v) is 3.02. The molecule has 1 unspecified atom stereocenters. The van der Waals surface area contributed by atoms with E-state index in [1.165, 1.54) is 0 Å². The lowest BCUT2D eigenvalue weighted by Crippen LogP contribution is -2.49. The lowest BCUT2D eigenvalue weighted by Gasteiger charge is -2.34. The number of nitrogens with two attached hydrogens (primary N) is 1. The first-order valence-electron chi connectivity index (χ1n) is 8.46. The zero-order valence-corrected chi connectivity index (χ0v) is 14.7. The summed E-state index contributed by atoms with van der Waals surface area (Å²) in [6.45, 7) is 4.76. The standard InChI is InChI=1S/C18H27N3O3/c1-12(2)10-15(21-9-5-4-6-17(21)22)18(23)20-13-7-8-16(24-3)14(19)11-13/h7-8,11-12,15H,4-6,9-10,19H2,1-3H3,(H,20,23). The fourth-order valence-electron chi connectivity index (χ4n) is 3.02. The van der Waals surface area contributed by atoms with Gasteiger partial charge in [-0.1, -0.05) is 13.8 Å². The molecule has 6 heteroatoms. The molecule has 1 aromatic rings. The molecule has 0 spiro atoms. The number of nitrogens with one attached hydrogen (secondary N) is 1. The van der Waals surface area contributed by atoms with Crippen molar-refractivity contribution in [3.05, 3.63) is 18.2 Å². The number of hydrogen-bond acceptors (Lipinski definition) is 4. The maximum atomic E-state index is 12.8. The Balaban J connectivity index is 2.15. The summed E-state index contributed by atoms with van der Waals surface area (Å²) in [6, 6.07) is 4.69. The molecule has 1 aromatic carbocycles. The second-order valence-electron chi connectivity index (χ2n) is 6.64. The van der Waals surface area contributed by atoms with E-state index < -0.39 is 6.04 Å². The van der Waals surface area contributed by atoms with Crippen molar-refractivity contribution in [2.75, 3.05) is 24.7 Å². The Morgan fingerprint density at radius 3 is 2.71 bits per heavy atom. The maximum absolute atomic E-state index is 12.8. The molecule has 1 aliphatic rings. The van der Waals surface area contributed by atoms with Crippen molar-refractivity contribution in [1.29, 1.82) is 0 Å². The van der Waals surface area contributed by atoms with Gasteiger partial charge in [0.1, 0.15) is 11.8 Å². The molecular weight excluding hydrogens is 306 g/mol. The van der Waals surface area contributed by atoms with Crippen molar-refractivity contribution >= 4 is 23.2 Å². The molecule has 0 aromatic heterocycles. The summed E-state index contributed by atoms with van der Waals surface area (Å²) in [6.07, 6.45) is 3.02. The molecule has 3 N–H and O–H groups in total. The molecule has 0 bridgehead atoms. The van der Waals surface area contributed by atoms with E-state index in [0.717, 1.165) is 12.8 Å². The lowest BCUT2D eigenvalue weighted by molar-refractivity contribution is -0.141. The first-order chi connectivity index (χ1) is 11.4. The number of likely N-dealkylation sites (tertiary alicyclic amines) is 1. The van der Waals surface area contributed by atoms with Gasteiger partial charge >= 0.3 is 0 Å². The number of carbonyl (C=O) groups excluding carboxylic acids is 2. The number of benzene rings is 1. The molecule has 1 fully saturated rings. The number of nitrogen functional groups attached to an aromatic ring is 1. The number of methoxy groups -OCH3 is 1. The van der Waals surface area contributed by atoms with Gasteiger partial charge in [-0.15, -0.1) is 0 Å². The first kappa shape index (κ1) is 18.1. The number of rotatable bonds is 6. The van der Waals surface area contributed by atoms with Crippen molar-refractivity contribution in [1.82, 2.24) is 4.90 Å². The van der Waals surface area contributed by atoms with Gasteiger partial charge in [0, 0.05) is 18.7 Å². The van der Waals surface area contributed by atoms with Gasteiger partial charge in [-0.2, -0.15) is 0 Å². The van der Waals surface area contributed by atoms with Crippen molar-refractivity contribution in [2.45, 2.75) is 45.6 Å². The number of anilines is 2. The minimum atomic E-state index is -0.443. The van der Waals surface area contributed by atoms with Crippen molar-refractivity contribution in [3.63, 3.8) is 0 Å². The van der Waals surface area contributed by atoms with Gasteiger partial charge in [-0.3, -0.25) is 9.59 Å². The predicted molar refractivity (Wildman–Crippen MR) is 94.8 cm³/mol. The van der Waals surface area contributed by atoms with Crippen LogP contribution in [0.2, 0.25) is 0 Å². The van der Waals surface area contributed by atoms with Crippen LogP contribution >= 0.6 is 0 Å². The van der Waals surface area contributed by atoms with Crippen LogP contribution in [0, 0.1) is 5.92 Å². The summed E-state index contributed by atoms with van der Waals surface area (Å²) in [4.78, 5) is 26.7. The van der Waals surface area contributed by atoms with E-state index in [1.807, 2.05) is 0 Å². The molecule has 132 valence electrons. The van der Waals surface area contributed by atoms with Crippen LogP contribution in [0.5, 0.6) is 5.75 Å². The minimum absolute atomic E-state index is 0.0660. The third kappa shape index (κ3) is 4.40. The number of ether oxygens (including phenoxy) is 1. The maximum Gasteiger partial charge on any atom is 0.247 e. The van der Waals surface area contributed by atoms with Crippen molar-refractivity contribution in [3.8, 4) is 5.75 Å². The third-order valence-electron chi connectivity index (χ3n) is 4.23. The summed E-state index contributed by atoms with van der Waals surface area (Å²) in [5.41, 5.74) is 6.96. The smallest absolute Gasteiger partial charge is 0.247 e. The van der Waals surface area contributed by atoms with E-state index in [0.29, 0.717) is 42.4 Å². The van der Waals surface area contributed by atoms with Crippen LogP contribution in [-0.4, -0.2) is 36.4 Å². The molecule has 1 aliphatic heterocycles. The summed E-state index contributed by atoms with van der Waals surface area (Å²) in [5, 5.41) is 2.89. The Labute approximate surface area is 143 Å². The molecule has 24 heavy (non-hydrogen) atoms. The minimum Gasteiger partial charge on any atom is -0.495 e. The van der Waals surface area contributed by atoms with Crippen LogP contribution in [-0.2, 0) is 9.59 Å². The normalized spacial score (nSPS) is 16.2. The van der Waals surface area contributed by atoms with Crippen LogP contribution in [0.3, 0.4) is 0 Å². The number of hydrogen-bond donors (Lipinski definition) is 2. The SMILES string of the molecule is COc1ccc(NC(=O)C(CC(C)C)N2CCCCC2=O)cc1N. The molecule has 1 saturated heterocycles. The van der Waals surface area contributed by atoms with Crippen LogP contribution in [0.1, 0.15) is 39.5 Å². The predicted octanol–water partition coefficient (Wildman–Crippen LogP) is 2.64. The Bertz CT molecular complexity index is 601. The first-order valence-corrected chi connectivity index (χ1v) is 8.46. The molecule has 2 rings (SSSR count). The van der Waals surface area contributed by atoms with Crippen LogP contribution < -0.4 is 15.8 Å². The summed E-state index contributed by atoms with van der Waals surface area (Å²) < 4.78 is 5.12. The van der Waals surface area contributed by atoms with E-state index >= 15 is 0 Å². The molecule has 0 aliphatic carbocycles. The van der Waals surface area contributed by atoms with Gasteiger partial charge in [0.05, 0.1) is 12.8 Å². The molecule has 6 nitrogen and oxygen atoms in total. The molecule has 0 radical (unpaired) electrons. The van der Waals surface area contributed by atoms with Gasteiger partial charge in [0.25, 0.3) is 0 Å². The Morgan fingerprint density at radius 2 is 2.12 bits per heavy atom. The number of amides is 2. The van der Waals surface area contributed by atoms with Crippen molar-refractivity contribution in [2.24, 2.45) is 5.92 Å². The molecular formula is C18H27N3O3. The van der Waals surface area contributed by atoms with Gasteiger partial charge in [0.2, 0.25) is 11.8 Å². The van der Waals surface area contributed by atoms with Gasteiger partial charge in [-0.05, 0) is 43.4 Å². The zero-order chi connectivity index (χ0) is 17.7. The summed E-state index contributed by atoms with van der Waals surface area (Å²) in [5.74, 6) is 0.786. The second kappa shape index (κ2) is 8.04. The number of nitrogens with zero attached hydrogens (tertiary/aromatic N) is 1. The Morgan fingerprint density at radius 1 is 1.38 bits per heavy atom. The Hall–Kier alpha value is -2.24. The Kier molecular flexibility index (Phi) is 6.06. The highest BCUT2D eigenvalue weighted by Gasteiger charge is 2.31. The van der Waals surface area contributed by atoms with Crippen LogP contribution in [0.15, 0.2) is 18.2 Å². The van der Waals surface area contributed by atoms with Crippen molar-refractivity contribution < 1.29 is 14.3 Å². The summed E-state index contributed by atoms with van der Waals surface area (Å²) >= 11 is 0. The average Bonchev–Trinajstić information content (AvgIpc) is 2.53. The van der Waals surface area contributed by atoms with E-state index in [2.05, 4.69) is 19.2 Å². The quantitative estimate of drug-likeness (QED) is 0.784. The monoisotopic (exact) mass is 333 g/mol. The van der Waals surface area contributed by atoms with Gasteiger partial charge < -0.3 is 20.7 Å². The van der Waals surface area contributed by atoms with E-state index in [-0.39, 0.29) is 11.8 Å². The van der Waals surface area contributed by atoms with E-state index in [9.17, 15) is 9.59 Å². The highest BCUT2D eigenvalue weighted by atomic mass is 16.5. The largest absolute Gasteiger partial charge is 0.495 e.